The number of carbonyl (C=O) groups excluding carboxylic acids is 2. The molecule has 0 aliphatic rings. The molecule has 1 N–H and O–H groups in total. The van der Waals surface area contributed by atoms with Gasteiger partial charge in [0.05, 0.1) is 11.4 Å². The van der Waals surface area contributed by atoms with Gasteiger partial charge in [-0.3, -0.25) is 9.59 Å². The molecule has 4 nitrogen and oxygen atoms in total. The average Bonchev–Trinajstić information content (AvgIpc) is 3.19. The van der Waals surface area contributed by atoms with Gasteiger partial charge in [0.25, 0.3) is 5.91 Å². The van der Waals surface area contributed by atoms with E-state index in [9.17, 15) is 9.59 Å². The molecular formula is C16H18N2O2S2. The molecule has 1 atom stereocenters. The van der Waals surface area contributed by atoms with Crippen LogP contribution in [0.4, 0.5) is 0 Å². The molecule has 0 aliphatic heterocycles. The highest BCUT2D eigenvalue weighted by molar-refractivity contribution is 7.12. The van der Waals surface area contributed by atoms with Crippen LogP contribution in [0.25, 0.3) is 0 Å². The second-order valence-electron chi connectivity index (χ2n) is 4.76. The fourth-order valence-corrected chi connectivity index (χ4v) is 3.34. The number of nitrogens with zero attached hydrogens (tertiary/aromatic N) is 1. The number of amides is 2. The molecule has 0 aromatic carbocycles. The highest BCUT2D eigenvalue weighted by atomic mass is 32.1. The first kappa shape index (κ1) is 16.5. The third-order valence-electron chi connectivity index (χ3n) is 3.05. The predicted molar refractivity (Wildman–Crippen MR) is 91.2 cm³/mol. The Morgan fingerprint density at radius 1 is 1.32 bits per heavy atom. The lowest BCUT2D eigenvalue weighted by molar-refractivity contribution is -0.132. The van der Waals surface area contributed by atoms with Gasteiger partial charge in [-0.25, -0.2) is 0 Å². The van der Waals surface area contributed by atoms with E-state index in [0.29, 0.717) is 18.0 Å². The minimum absolute atomic E-state index is 0.113. The van der Waals surface area contributed by atoms with Gasteiger partial charge in [0.15, 0.2) is 0 Å². The summed E-state index contributed by atoms with van der Waals surface area (Å²) >= 11 is 2.96. The Kier molecular flexibility index (Phi) is 5.91. The van der Waals surface area contributed by atoms with Gasteiger partial charge in [0.2, 0.25) is 5.91 Å². The summed E-state index contributed by atoms with van der Waals surface area (Å²) in [4.78, 5) is 28.0. The topological polar surface area (TPSA) is 49.4 Å². The van der Waals surface area contributed by atoms with E-state index in [-0.39, 0.29) is 11.8 Å². The van der Waals surface area contributed by atoms with Gasteiger partial charge in [-0.05, 0) is 29.8 Å². The van der Waals surface area contributed by atoms with Crippen molar-refractivity contribution in [1.82, 2.24) is 10.2 Å². The predicted octanol–water partition coefficient (Wildman–Crippen LogP) is 3.14. The van der Waals surface area contributed by atoms with Crippen molar-refractivity contribution in [3.63, 3.8) is 0 Å². The quantitative estimate of drug-likeness (QED) is 0.791. The first-order valence-corrected chi connectivity index (χ1v) is 8.64. The average molecular weight is 334 g/mol. The molecule has 0 saturated heterocycles. The van der Waals surface area contributed by atoms with Crippen LogP contribution >= 0.6 is 22.7 Å². The van der Waals surface area contributed by atoms with E-state index in [1.165, 1.54) is 11.3 Å². The van der Waals surface area contributed by atoms with Crippen molar-refractivity contribution in [3.05, 3.63) is 57.4 Å². The Labute approximate surface area is 138 Å². The number of rotatable bonds is 7. The van der Waals surface area contributed by atoms with Gasteiger partial charge in [-0.15, -0.1) is 29.3 Å². The second kappa shape index (κ2) is 7.91. The fraction of sp³-hybridized carbons (Fsp3) is 0.250. The molecule has 1 unspecified atom stereocenters. The van der Waals surface area contributed by atoms with E-state index in [1.807, 2.05) is 29.0 Å². The van der Waals surface area contributed by atoms with Crippen molar-refractivity contribution < 1.29 is 9.59 Å². The summed E-state index contributed by atoms with van der Waals surface area (Å²) in [5.41, 5.74) is 0. The highest BCUT2D eigenvalue weighted by Gasteiger charge is 2.22. The van der Waals surface area contributed by atoms with Gasteiger partial charge >= 0.3 is 0 Å². The molecule has 0 aliphatic carbocycles. The Morgan fingerprint density at radius 3 is 2.64 bits per heavy atom. The van der Waals surface area contributed by atoms with Crippen molar-refractivity contribution in [2.75, 3.05) is 6.54 Å². The molecule has 22 heavy (non-hydrogen) atoms. The highest BCUT2D eigenvalue weighted by Crippen LogP contribution is 2.13. The van der Waals surface area contributed by atoms with Crippen molar-refractivity contribution in [2.24, 2.45) is 0 Å². The molecule has 0 radical (unpaired) electrons. The van der Waals surface area contributed by atoms with Crippen molar-refractivity contribution >= 4 is 34.5 Å². The maximum absolute atomic E-state index is 12.5. The van der Waals surface area contributed by atoms with Crippen LogP contribution in [-0.4, -0.2) is 29.3 Å². The van der Waals surface area contributed by atoms with Crippen molar-refractivity contribution in [2.45, 2.75) is 19.5 Å². The molecule has 6 heteroatoms. The van der Waals surface area contributed by atoms with Crippen LogP contribution < -0.4 is 5.32 Å². The lowest BCUT2D eigenvalue weighted by Crippen LogP contribution is -2.46. The summed E-state index contributed by atoms with van der Waals surface area (Å²) in [6, 6.07) is 6.92. The minimum atomic E-state index is -0.575. The van der Waals surface area contributed by atoms with E-state index in [0.717, 1.165) is 4.88 Å². The Morgan fingerprint density at radius 2 is 2.05 bits per heavy atom. The molecule has 0 saturated carbocycles. The summed E-state index contributed by atoms with van der Waals surface area (Å²) in [6.07, 6.45) is 1.69. The summed E-state index contributed by atoms with van der Waals surface area (Å²) in [7, 11) is 0. The Balaban J connectivity index is 1.99. The monoisotopic (exact) mass is 334 g/mol. The molecule has 2 heterocycles. The first-order chi connectivity index (χ1) is 10.6. The van der Waals surface area contributed by atoms with Gasteiger partial charge in [0, 0.05) is 11.4 Å². The molecule has 2 rings (SSSR count). The third kappa shape index (κ3) is 4.29. The van der Waals surface area contributed by atoms with Gasteiger partial charge < -0.3 is 10.2 Å². The van der Waals surface area contributed by atoms with E-state index in [2.05, 4.69) is 11.9 Å². The molecule has 0 fully saturated rings. The summed E-state index contributed by atoms with van der Waals surface area (Å²) < 4.78 is 0. The largest absolute Gasteiger partial charge is 0.340 e. The summed E-state index contributed by atoms with van der Waals surface area (Å²) in [6.45, 7) is 6.39. The lowest BCUT2D eigenvalue weighted by Gasteiger charge is -2.24. The van der Waals surface area contributed by atoms with E-state index >= 15 is 0 Å². The summed E-state index contributed by atoms with van der Waals surface area (Å²) in [5, 5.41) is 6.57. The van der Waals surface area contributed by atoms with Crippen molar-refractivity contribution in [3.8, 4) is 0 Å². The van der Waals surface area contributed by atoms with Gasteiger partial charge in [-0.1, -0.05) is 18.2 Å². The maximum Gasteiger partial charge on any atom is 0.261 e. The molecule has 2 amide bonds. The van der Waals surface area contributed by atoms with Crippen LogP contribution in [0.1, 0.15) is 21.5 Å². The Bertz CT molecular complexity index is 621. The number of thiophene rings is 2. The fourth-order valence-electron chi connectivity index (χ4n) is 1.99. The van der Waals surface area contributed by atoms with Crippen LogP contribution in [0.3, 0.4) is 0 Å². The first-order valence-electron chi connectivity index (χ1n) is 6.88. The minimum Gasteiger partial charge on any atom is -0.340 e. The number of nitrogens with one attached hydrogen (secondary N) is 1. The van der Waals surface area contributed by atoms with E-state index in [4.69, 9.17) is 0 Å². The van der Waals surface area contributed by atoms with Crippen LogP contribution in [0.15, 0.2) is 47.7 Å². The zero-order valence-electron chi connectivity index (χ0n) is 12.3. The smallest absolute Gasteiger partial charge is 0.261 e. The summed E-state index contributed by atoms with van der Waals surface area (Å²) in [5.74, 6) is -0.330. The number of hydrogen-bond donors (Lipinski definition) is 1. The van der Waals surface area contributed by atoms with Crippen molar-refractivity contribution in [1.29, 1.82) is 0 Å². The van der Waals surface area contributed by atoms with Gasteiger partial charge in [-0.2, -0.15) is 0 Å². The SMILES string of the molecule is C=CCN(Cc1cccs1)C(=O)C(C)NC(=O)c1cccs1. The molecule has 0 bridgehead atoms. The zero-order chi connectivity index (χ0) is 15.9. The molecule has 116 valence electrons. The second-order valence-corrected chi connectivity index (χ2v) is 6.74. The van der Waals surface area contributed by atoms with E-state index < -0.39 is 6.04 Å². The van der Waals surface area contributed by atoms with Crippen LogP contribution in [0, 0.1) is 0 Å². The van der Waals surface area contributed by atoms with Gasteiger partial charge in [0.1, 0.15) is 6.04 Å². The molecule has 0 spiro atoms. The standard InChI is InChI=1S/C16H18N2O2S2/c1-3-8-18(11-13-6-4-9-21-13)16(20)12(2)17-15(19)14-7-5-10-22-14/h3-7,9-10,12H,1,8,11H2,2H3,(H,17,19). The normalized spacial score (nSPS) is 11.7. The maximum atomic E-state index is 12.5. The zero-order valence-corrected chi connectivity index (χ0v) is 14.0. The van der Waals surface area contributed by atoms with E-state index in [1.54, 1.807) is 35.3 Å². The third-order valence-corrected chi connectivity index (χ3v) is 4.78. The molecule has 2 aromatic heterocycles. The number of carbonyl (C=O) groups is 2. The van der Waals surface area contributed by atoms with Crippen LogP contribution in [0.2, 0.25) is 0 Å². The molecular weight excluding hydrogens is 316 g/mol. The molecule has 2 aromatic rings. The lowest BCUT2D eigenvalue weighted by atomic mass is 10.2. The van der Waals surface area contributed by atoms with Crippen LogP contribution in [0.5, 0.6) is 0 Å². The van der Waals surface area contributed by atoms with Crippen LogP contribution in [-0.2, 0) is 11.3 Å². The Hall–Kier alpha value is -1.92. The number of hydrogen-bond acceptors (Lipinski definition) is 4.